The lowest BCUT2D eigenvalue weighted by molar-refractivity contribution is -0.103. The highest BCUT2D eigenvalue weighted by atomic mass is 16.6. The molecule has 2 rings (SSSR count). The molecule has 2 aliphatic heterocycles. The summed E-state index contributed by atoms with van der Waals surface area (Å²) in [6, 6.07) is 0. The molecule has 0 N–H and O–H groups in total. The van der Waals surface area contributed by atoms with Gasteiger partial charge in [-0.25, -0.2) is 0 Å². The second kappa shape index (κ2) is 4.21. The van der Waals surface area contributed by atoms with Crippen LogP contribution in [0.4, 0.5) is 0 Å². The van der Waals surface area contributed by atoms with E-state index in [1.807, 2.05) is 0 Å². The number of ether oxygens (including phenoxy) is 3. The molecule has 2 unspecified atom stereocenters. The van der Waals surface area contributed by atoms with E-state index >= 15 is 0 Å². The molecule has 2 atom stereocenters. The van der Waals surface area contributed by atoms with Crippen molar-refractivity contribution in [2.45, 2.75) is 31.5 Å². The van der Waals surface area contributed by atoms with E-state index in [2.05, 4.69) is 0 Å². The third-order valence-corrected chi connectivity index (χ3v) is 2.43. The molecule has 0 spiro atoms. The average molecular weight is 172 g/mol. The van der Waals surface area contributed by atoms with Crippen LogP contribution >= 0.6 is 0 Å². The molecule has 0 aromatic carbocycles. The van der Waals surface area contributed by atoms with Crippen LogP contribution in [-0.2, 0) is 14.2 Å². The Morgan fingerprint density at radius 3 is 2.58 bits per heavy atom. The Morgan fingerprint density at radius 1 is 1.00 bits per heavy atom. The quantitative estimate of drug-likeness (QED) is 0.621. The number of hydrogen-bond donors (Lipinski definition) is 0. The van der Waals surface area contributed by atoms with Crippen LogP contribution in [0.2, 0.25) is 0 Å². The van der Waals surface area contributed by atoms with Crippen molar-refractivity contribution in [3.63, 3.8) is 0 Å². The van der Waals surface area contributed by atoms with Crippen LogP contribution in [0.5, 0.6) is 0 Å². The smallest absolute Gasteiger partial charge is 0.0834 e. The third kappa shape index (κ3) is 2.19. The summed E-state index contributed by atoms with van der Waals surface area (Å²) in [7, 11) is 0. The predicted molar refractivity (Wildman–Crippen MR) is 44.2 cm³/mol. The molecule has 0 amide bonds. The summed E-state index contributed by atoms with van der Waals surface area (Å²) in [5.41, 5.74) is 0. The van der Waals surface area contributed by atoms with Crippen LogP contribution in [0.3, 0.4) is 0 Å². The van der Waals surface area contributed by atoms with Gasteiger partial charge in [-0.2, -0.15) is 0 Å². The minimum atomic E-state index is 0.279. The second-order valence-corrected chi connectivity index (χ2v) is 3.44. The largest absolute Gasteiger partial charge is 0.378 e. The fourth-order valence-corrected chi connectivity index (χ4v) is 1.80. The van der Waals surface area contributed by atoms with E-state index in [1.165, 1.54) is 12.8 Å². The molecule has 0 radical (unpaired) electrons. The summed E-state index contributed by atoms with van der Waals surface area (Å²) in [6.07, 6.45) is 4.12. The van der Waals surface area contributed by atoms with Crippen molar-refractivity contribution in [1.29, 1.82) is 0 Å². The zero-order chi connectivity index (χ0) is 8.23. The fraction of sp³-hybridized carbons (Fsp3) is 1.00. The van der Waals surface area contributed by atoms with Gasteiger partial charge in [0.15, 0.2) is 0 Å². The van der Waals surface area contributed by atoms with Gasteiger partial charge >= 0.3 is 0 Å². The molecule has 0 bridgehead atoms. The molecule has 3 heteroatoms. The Hall–Kier alpha value is -0.120. The van der Waals surface area contributed by atoms with E-state index in [4.69, 9.17) is 14.2 Å². The Kier molecular flexibility index (Phi) is 2.98. The molecule has 3 nitrogen and oxygen atoms in total. The van der Waals surface area contributed by atoms with Crippen molar-refractivity contribution < 1.29 is 14.2 Å². The monoisotopic (exact) mass is 172 g/mol. The first-order valence-corrected chi connectivity index (χ1v) is 4.76. The van der Waals surface area contributed by atoms with Crippen molar-refractivity contribution in [2.24, 2.45) is 0 Å². The molecule has 0 saturated carbocycles. The van der Waals surface area contributed by atoms with E-state index in [9.17, 15) is 0 Å². The summed E-state index contributed by atoms with van der Waals surface area (Å²) in [6.45, 7) is 3.18. The van der Waals surface area contributed by atoms with Gasteiger partial charge in [0.1, 0.15) is 0 Å². The highest BCUT2D eigenvalue weighted by Crippen LogP contribution is 2.19. The van der Waals surface area contributed by atoms with E-state index in [0.717, 1.165) is 32.8 Å². The maximum Gasteiger partial charge on any atom is 0.0834 e. The van der Waals surface area contributed by atoms with Crippen LogP contribution in [0.25, 0.3) is 0 Å². The highest BCUT2D eigenvalue weighted by molar-refractivity contribution is 4.71. The van der Waals surface area contributed by atoms with Gasteiger partial charge in [-0.15, -0.1) is 0 Å². The molecule has 2 heterocycles. The summed E-state index contributed by atoms with van der Waals surface area (Å²) in [5, 5.41) is 0. The van der Waals surface area contributed by atoms with Gasteiger partial charge in [0.2, 0.25) is 0 Å². The van der Waals surface area contributed by atoms with Crippen LogP contribution in [0, 0.1) is 0 Å². The molecule has 2 aliphatic rings. The molecule has 12 heavy (non-hydrogen) atoms. The molecule has 0 aromatic rings. The van der Waals surface area contributed by atoms with E-state index < -0.39 is 0 Å². The zero-order valence-electron chi connectivity index (χ0n) is 7.33. The number of hydrogen-bond acceptors (Lipinski definition) is 3. The van der Waals surface area contributed by atoms with Gasteiger partial charge < -0.3 is 14.2 Å². The molecule has 2 saturated heterocycles. The van der Waals surface area contributed by atoms with Gasteiger partial charge in [-0.1, -0.05) is 0 Å². The van der Waals surface area contributed by atoms with Crippen LogP contribution < -0.4 is 0 Å². The first-order valence-electron chi connectivity index (χ1n) is 4.76. The SMILES string of the molecule is C1COC(CC2COCCO2)C1. The van der Waals surface area contributed by atoms with Crippen molar-refractivity contribution in [3.8, 4) is 0 Å². The Labute approximate surface area is 73.0 Å². The maximum atomic E-state index is 5.53. The summed E-state index contributed by atoms with van der Waals surface area (Å²) in [5.74, 6) is 0. The first-order chi connectivity index (χ1) is 5.95. The van der Waals surface area contributed by atoms with Crippen LogP contribution in [0.1, 0.15) is 19.3 Å². The predicted octanol–water partition coefficient (Wildman–Crippen LogP) is 0.971. The minimum Gasteiger partial charge on any atom is -0.378 e. The molecule has 2 fully saturated rings. The normalized spacial score (nSPS) is 37.0. The van der Waals surface area contributed by atoms with Gasteiger partial charge in [0.25, 0.3) is 0 Å². The highest BCUT2D eigenvalue weighted by Gasteiger charge is 2.22. The molecule has 0 aliphatic carbocycles. The van der Waals surface area contributed by atoms with Gasteiger partial charge in [0, 0.05) is 13.0 Å². The van der Waals surface area contributed by atoms with E-state index in [-0.39, 0.29) is 6.10 Å². The van der Waals surface area contributed by atoms with Crippen molar-refractivity contribution in [3.05, 3.63) is 0 Å². The molecular weight excluding hydrogens is 156 g/mol. The van der Waals surface area contributed by atoms with Crippen LogP contribution in [-0.4, -0.2) is 38.6 Å². The summed E-state index contributed by atoms with van der Waals surface area (Å²) >= 11 is 0. The van der Waals surface area contributed by atoms with Gasteiger partial charge in [-0.05, 0) is 12.8 Å². The summed E-state index contributed by atoms with van der Waals surface area (Å²) in [4.78, 5) is 0. The third-order valence-electron chi connectivity index (χ3n) is 2.43. The summed E-state index contributed by atoms with van der Waals surface area (Å²) < 4.78 is 16.4. The van der Waals surface area contributed by atoms with Crippen LogP contribution in [0.15, 0.2) is 0 Å². The lowest BCUT2D eigenvalue weighted by Gasteiger charge is -2.24. The lowest BCUT2D eigenvalue weighted by Crippen LogP contribution is -2.31. The van der Waals surface area contributed by atoms with E-state index in [1.54, 1.807) is 0 Å². The Balaban J connectivity index is 1.69. The van der Waals surface area contributed by atoms with Gasteiger partial charge in [-0.3, -0.25) is 0 Å². The lowest BCUT2D eigenvalue weighted by atomic mass is 10.1. The molecule has 70 valence electrons. The van der Waals surface area contributed by atoms with Crippen molar-refractivity contribution in [1.82, 2.24) is 0 Å². The minimum absolute atomic E-state index is 0.279. The standard InChI is InChI=1S/C9H16O3/c1-2-8(11-3-1)6-9-7-10-4-5-12-9/h8-9H,1-7H2. The molecule has 0 aromatic heterocycles. The number of rotatable bonds is 2. The maximum absolute atomic E-state index is 5.53. The van der Waals surface area contributed by atoms with Crippen molar-refractivity contribution >= 4 is 0 Å². The second-order valence-electron chi connectivity index (χ2n) is 3.44. The van der Waals surface area contributed by atoms with E-state index in [0.29, 0.717) is 6.10 Å². The average Bonchev–Trinajstić information content (AvgIpc) is 2.59. The van der Waals surface area contributed by atoms with Crippen molar-refractivity contribution in [2.75, 3.05) is 26.4 Å². The van der Waals surface area contributed by atoms with Gasteiger partial charge in [0.05, 0.1) is 32.0 Å². The Bertz CT molecular complexity index is 126. The topological polar surface area (TPSA) is 27.7 Å². The Morgan fingerprint density at radius 2 is 1.92 bits per heavy atom. The zero-order valence-corrected chi connectivity index (χ0v) is 7.33. The fourth-order valence-electron chi connectivity index (χ4n) is 1.80. The molecular formula is C9H16O3. The first kappa shape index (κ1) is 8.48.